The number of nitrogens with one attached hydrogen (secondary N) is 2. The lowest BCUT2D eigenvalue weighted by Crippen LogP contribution is -2.46. The van der Waals surface area contributed by atoms with Crippen LogP contribution in [-0.4, -0.2) is 41.5 Å². The minimum Gasteiger partial charge on any atom is -0.349 e. The predicted molar refractivity (Wildman–Crippen MR) is 111 cm³/mol. The van der Waals surface area contributed by atoms with Crippen molar-refractivity contribution >= 4 is 5.91 Å². The van der Waals surface area contributed by atoms with Gasteiger partial charge in [0.1, 0.15) is 5.56 Å². The Morgan fingerprint density at radius 2 is 1.86 bits per heavy atom. The van der Waals surface area contributed by atoms with Crippen LogP contribution in [0.1, 0.15) is 52.9 Å². The summed E-state index contributed by atoms with van der Waals surface area (Å²) in [4.78, 5) is 30.4. The second-order valence-electron chi connectivity index (χ2n) is 8.05. The second-order valence-corrected chi connectivity index (χ2v) is 8.05. The van der Waals surface area contributed by atoms with Gasteiger partial charge in [-0.2, -0.15) is 0 Å². The van der Waals surface area contributed by atoms with Gasteiger partial charge in [0.15, 0.2) is 0 Å². The molecule has 2 heterocycles. The van der Waals surface area contributed by atoms with Gasteiger partial charge in [-0.25, -0.2) is 0 Å². The van der Waals surface area contributed by atoms with E-state index in [9.17, 15) is 9.59 Å². The van der Waals surface area contributed by atoms with Gasteiger partial charge in [-0.05, 0) is 62.1 Å². The fourth-order valence-electron chi connectivity index (χ4n) is 4.34. The van der Waals surface area contributed by atoms with Gasteiger partial charge in [0.2, 0.25) is 0 Å². The summed E-state index contributed by atoms with van der Waals surface area (Å²) in [7, 11) is 0. The lowest BCUT2D eigenvalue weighted by molar-refractivity contribution is 0.0910. The molecule has 0 saturated carbocycles. The Morgan fingerprint density at radius 1 is 1.11 bits per heavy atom. The first kappa shape index (κ1) is 18.9. The number of rotatable bonds is 5. The van der Waals surface area contributed by atoms with Gasteiger partial charge in [0.25, 0.3) is 11.5 Å². The van der Waals surface area contributed by atoms with E-state index < -0.39 is 0 Å². The maximum absolute atomic E-state index is 12.7. The number of pyridine rings is 1. The van der Waals surface area contributed by atoms with Gasteiger partial charge in [-0.3, -0.25) is 9.59 Å². The molecular weight excluding hydrogens is 350 g/mol. The van der Waals surface area contributed by atoms with Crippen molar-refractivity contribution in [2.24, 2.45) is 0 Å². The van der Waals surface area contributed by atoms with E-state index >= 15 is 0 Å². The molecule has 28 heavy (non-hydrogen) atoms. The van der Waals surface area contributed by atoms with Crippen LogP contribution < -0.4 is 10.9 Å². The van der Waals surface area contributed by atoms with Crippen LogP contribution in [0, 0.1) is 0 Å². The Morgan fingerprint density at radius 3 is 2.64 bits per heavy atom. The van der Waals surface area contributed by atoms with E-state index in [1.165, 1.54) is 5.56 Å². The van der Waals surface area contributed by atoms with Crippen LogP contribution in [-0.2, 0) is 19.3 Å². The summed E-state index contributed by atoms with van der Waals surface area (Å²) in [6.07, 6.45) is 7.02. The number of aryl methyl sites for hydroxylation is 2. The Bertz CT molecular complexity index is 867. The number of H-pyrrole nitrogens is 1. The zero-order valence-corrected chi connectivity index (χ0v) is 16.4. The molecular formula is C23H29N3O2. The number of hydrogen-bond donors (Lipinski definition) is 2. The highest BCUT2D eigenvalue weighted by molar-refractivity contribution is 5.94. The first-order valence-corrected chi connectivity index (χ1v) is 10.5. The molecule has 1 saturated heterocycles. The van der Waals surface area contributed by atoms with Crippen LogP contribution >= 0.6 is 0 Å². The molecule has 1 fully saturated rings. The number of amides is 1. The quantitative estimate of drug-likeness (QED) is 0.839. The molecule has 148 valence electrons. The molecule has 2 N–H and O–H groups in total. The first-order chi connectivity index (χ1) is 13.7. The zero-order chi connectivity index (χ0) is 19.3. The van der Waals surface area contributed by atoms with E-state index in [0.29, 0.717) is 0 Å². The maximum Gasteiger partial charge on any atom is 0.261 e. The number of carbonyl (C=O) groups excluding carboxylic acids is 1. The molecule has 2 aliphatic rings. The third-order valence-corrected chi connectivity index (χ3v) is 6.07. The van der Waals surface area contributed by atoms with Gasteiger partial charge >= 0.3 is 0 Å². The van der Waals surface area contributed by atoms with Gasteiger partial charge in [0.05, 0.1) is 0 Å². The number of likely N-dealkylation sites (tertiary alicyclic amines) is 1. The van der Waals surface area contributed by atoms with Crippen LogP contribution in [0.4, 0.5) is 0 Å². The van der Waals surface area contributed by atoms with E-state index in [2.05, 4.69) is 39.5 Å². The molecule has 0 radical (unpaired) electrons. The fraction of sp³-hybridized carbons (Fsp3) is 0.478. The number of benzene rings is 1. The summed E-state index contributed by atoms with van der Waals surface area (Å²) >= 11 is 0. The number of aromatic amines is 1. The minimum absolute atomic E-state index is 0.149. The van der Waals surface area contributed by atoms with Crippen molar-refractivity contribution in [1.82, 2.24) is 15.2 Å². The normalized spacial score (nSPS) is 17.9. The SMILES string of the molecule is O=C(NC1CCN(CCc2ccccc2)CC1)c1cc2c([nH]c1=O)CCCC2. The van der Waals surface area contributed by atoms with Crippen LogP contribution in [0.15, 0.2) is 41.2 Å². The molecule has 1 aliphatic heterocycles. The second kappa shape index (κ2) is 8.74. The van der Waals surface area contributed by atoms with Crippen molar-refractivity contribution in [3.63, 3.8) is 0 Å². The molecule has 1 amide bonds. The zero-order valence-electron chi connectivity index (χ0n) is 16.4. The van der Waals surface area contributed by atoms with E-state index in [1.807, 2.05) is 12.1 Å². The number of aromatic nitrogens is 1. The molecule has 0 atom stereocenters. The number of hydrogen-bond acceptors (Lipinski definition) is 3. The topological polar surface area (TPSA) is 65.2 Å². The molecule has 1 aromatic carbocycles. The molecule has 1 aromatic heterocycles. The first-order valence-electron chi connectivity index (χ1n) is 10.5. The Labute approximate surface area is 166 Å². The molecule has 0 bridgehead atoms. The standard InChI is InChI=1S/C23H29N3O2/c27-22(20-16-18-8-4-5-9-21(18)25-23(20)28)24-19-11-14-26(15-12-19)13-10-17-6-2-1-3-7-17/h1-3,6-7,16,19H,4-5,8-15H2,(H,24,27)(H,25,28). The average molecular weight is 380 g/mol. The number of carbonyl (C=O) groups is 1. The largest absolute Gasteiger partial charge is 0.349 e. The van der Waals surface area contributed by atoms with Crippen molar-refractivity contribution in [2.75, 3.05) is 19.6 Å². The summed E-state index contributed by atoms with van der Waals surface area (Å²) in [6.45, 7) is 3.02. The van der Waals surface area contributed by atoms with Crippen molar-refractivity contribution in [3.8, 4) is 0 Å². The lowest BCUT2D eigenvalue weighted by atomic mass is 9.95. The number of nitrogens with zero attached hydrogens (tertiary/aromatic N) is 1. The van der Waals surface area contributed by atoms with Crippen LogP contribution in [0.5, 0.6) is 0 Å². The summed E-state index contributed by atoms with van der Waals surface area (Å²) < 4.78 is 0. The number of fused-ring (bicyclic) bond motifs is 1. The Hall–Kier alpha value is -2.40. The van der Waals surface area contributed by atoms with Gasteiger partial charge in [0, 0.05) is 31.4 Å². The molecule has 5 heteroatoms. The highest BCUT2D eigenvalue weighted by Gasteiger charge is 2.23. The smallest absolute Gasteiger partial charge is 0.261 e. The molecule has 0 unspecified atom stereocenters. The summed E-state index contributed by atoms with van der Waals surface area (Å²) in [5, 5.41) is 3.09. The van der Waals surface area contributed by atoms with Crippen molar-refractivity contribution in [3.05, 3.63) is 69.1 Å². The summed E-state index contributed by atoms with van der Waals surface area (Å²) in [5.41, 5.74) is 3.53. The molecule has 1 aliphatic carbocycles. The highest BCUT2D eigenvalue weighted by Crippen LogP contribution is 2.19. The van der Waals surface area contributed by atoms with Crippen LogP contribution in [0.2, 0.25) is 0 Å². The predicted octanol–water partition coefficient (Wildman–Crippen LogP) is 2.69. The highest BCUT2D eigenvalue weighted by atomic mass is 16.2. The number of piperidine rings is 1. The van der Waals surface area contributed by atoms with E-state index in [4.69, 9.17) is 0 Å². The molecule has 5 nitrogen and oxygen atoms in total. The average Bonchev–Trinajstić information content (AvgIpc) is 2.73. The van der Waals surface area contributed by atoms with Crippen molar-refractivity contribution in [1.29, 1.82) is 0 Å². The Kier molecular flexibility index (Phi) is 5.91. The summed E-state index contributed by atoms with van der Waals surface area (Å²) in [5.74, 6) is -0.225. The van der Waals surface area contributed by atoms with Crippen LogP contribution in [0.3, 0.4) is 0 Å². The monoisotopic (exact) mass is 379 g/mol. The minimum atomic E-state index is -0.251. The summed E-state index contributed by atoms with van der Waals surface area (Å²) in [6, 6.07) is 12.5. The third kappa shape index (κ3) is 4.53. The molecule has 0 spiro atoms. The van der Waals surface area contributed by atoms with E-state index in [0.717, 1.165) is 75.8 Å². The molecule has 2 aromatic rings. The van der Waals surface area contributed by atoms with Gasteiger partial charge in [-0.15, -0.1) is 0 Å². The van der Waals surface area contributed by atoms with E-state index in [1.54, 1.807) is 0 Å². The Balaban J connectivity index is 1.29. The van der Waals surface area contributed by atoms with Crippen LogP contribution in [0.25, 0.3) is 0 Å². The van der Waals surface area contributed by atoms with Gasteiger partial charge in [-0.1, -0.05) is 30.3 Å². The van der Waals surface area contributed by atoms with Crippen molar-refractivity contribution in [2.45, 2.75) is 51.0 Å². The fourth-order valence-corrected chi connectivity index (χ4v) is 4.34. The maximum atomic E-state index is 12.7. The van der Waals surface area contributed by atoms with E-state index in [-0.39, 0.29) is 23.1 Å². The lowest BCUT2D eigenvalue weighted by Gasteiger charge is -2.32. The van der Waals surface area contributed by atoms with Gasteiger partial charge < -0.3 is 15.2 Å². The van der Waals surface area contributed by atoms with Crippen molar-refractivity contribution < 1.29 is 4.79 Å². The third-order valence-electron chi connectivity index (χ3n) is 6.07. The molecule has 4 rings (SSSR count).